The van der Waals surface area contributed by atoms with Crippen LogP contribution in [0.4, 0.5) is 0 Å². The summed E-state index contributed by atoms with van der Waals surface area (Å²) >= 11 is 0. The lowest BCUT2D eigenvalue weighted by atomic mass is 9.88. The Balaban J connectivity index is 1.17. The van der Waals surface area contributed by atoms with Gasteiger partial charge >= 0.3 is 0 Å². The van der Waals surface area contributed by atoms with Crippen LogP contribution in [0.2, 0.25) is 0 Å². The normalized spacial score (nSPS) is 11.3. The minimum absolute atomic E-state index is 1.10. The molecule has 0 aliphatic carbocycles. The Hall–Kier alpha value is -5.98. The van der Waals surface area contributed by atoms with Crippen LogP contribution in [0.3, 0.4) is 0 Å². The van der Waals surface area contributed by atoms with Crippen molar-refractivity contribution in [3.8, 4) is 44.5 Å². The standard InChI is InChI=1S/C48H36/c1-5-33-29-47(45-20-11-9-18-43(45)39(33)6-2)37-22-24-40(31(3)26-37)34-15-13-16-35(28-34)41-25-23-38(27-32(41)4)48-30-36-14-7-8-17-42(36)44-19-10-12-21-46(44)48/h5-30H,1-2H2,3-4H3. The zero-order chi connectivity index (χ0) is 32.8. The third-order valence-electron chi connectivity index (χ3n) is 9.87. The van der Waals surface area contributed by atoms with Crippen molar-refractivity contribution < 1.29 is 0 Å². The highest BCUT2D eigenvalue weighted by molar-refractivity contribution is 6.14. The van der Waals surface area contributed by atoms with Gasteiger partial charge in [-0.05, 0) is 131 Å². The van der Waals surface area contributed by atoms with Gasteiger partial charge in [0.05, 0.1) is 0 Å². The molecule has 0 heterocycles. The van der Waals surface area contributed by atoms with E-state index in [9.17, 15) is 0 Å². The average Bonchev–Trinajstić information content (AvgIpc) is 3.13. The molecule has 0 saturated carbocycles. The number of hydrogen-bond acceptors (Lipinski definition) is 0. The number of benzene rings is 8. The van der Waals surface area contributed by atoms with E-state index in [0.717, 1.165) is 11.1 Å². The number of aryl methyl sites for hydroxylation is 2. The molecule has 48 heavy (non-hydrogen) atoms. The van der Waals surface area contributed by atoms with E-state index in [1.165, 1.54) is 88.0 Å². The average molecular weight is 613 g/mol. The van der Waals surface area contributed by atoms with E-state index in [0.29, 0.717) is 0 Å². The van der Waals surface area contributed by atoms with Gasteiger partial charge in [0, 0.05) is 0 Å². The Labute approximate surface area is 283 Å². The molecule has 0 aromatic heterocycles. The maximum atomic E-state index is 4.09. The molecule has 8 rings (SSSR count). The predicted octanol–water partition coefficient (Wildman–Crippen LogP) is 13.7. The maximum Gasteiger partial charge on any atom is -0.00989 e. The van der Waals surface area contributed by atoms with Gasteiger partial charge in [0.25, 0.3) is 0 Å². The molecule has 0 spiro atoms. The lowest BCUT2D eigenvalue weighted by molar-refractivity contribution is 1.44. The molecular formula is C48H36. The fourth-order valence-electron chi connectivity index (χ4n) is 7.51. The van der Waals surface area contributed by atoms with E-state index >= 15 is 0 Å². The first kappa shape index (κ1) is 29.4. The number of fused-ring (bicyclic) bond motifs is 4. The highest BCUT2D eigenvalue weighted by Crippen LogP contribution is 2.39. The van der Waals surface area contributed by atoms with Crippen LogP contribution in [0, 0.1) is 13.8 Å². The van der Waals surface area contributed by atoms with Crippen molar-refractivity contribution in [2.75, 3.05) is 0 Å². The molecule has 0 aliphatic heterocycles. The van der Waals surface area contributed by atoms with Gasteiger partial charge in [-0.3, -0.25) is 0 Å². The molecule has 8 aromatic rings. The molecule has 0 unspecified atom stereocenters. The van der Waals surface area contributed by atoms with Gasteiger partial charge in [-0.1, -0.05) is 153 Å². The minimum Gasteiger partial charge on any atom is -0.0984 e. The predicted molar refractivity (Wildman–Crippen MR) is 210 cm³/mol. The van der Waals surface area contributed by atoms with Gasteiger partial charge < -0.3 is 0 Å². The molecule has 0 bridgehead atoms. The molecule has 0 atom stereocenters. The Kier molecular flexibility index (Phi) is 7.35. The van der Waals surface area contributed by atoms with Gasteiger partial charge in [0.2, 0.25) is 0 Å². The Morgan fingerprint density at radius 3 is 1.46 bits per heavy atom. The van der Waals surface area contributed by atoms with E-state index in [2.05, 4.69) is 173 Å². The van der Waals surface area contributed by atoms with Gasteiger partial charge in [-0.15, -0.1) is 0 Å². The molecule has 0 saturated heterocycles. The van der Waals surface area contributed by atoms with Crippen molar-refractivity contribution in [1.29, 1.82) is 0 Å². The first-order valence-electron chi connectivity index (χ1n) is 16.6. The fraction of sp³-hybridized carbons (Fsp3) is 0.0417. The topological polar surface area (TPSA) is 0 Å². The quantitative estimate of drug-likeness (QED) is 0.164. The smallest absolute Gasteiger partial charge is 0.00989 e. The van der Waals surface area contributed by atoms with Crippen LogP contribution >= 0.6 is 0 Å². The summed E-state index contributed by atoms with van der Waals surface area (Å²) in [6.07, 6.45) is 3.86. The molecule has 0 amide bonds. The van der Waals surface area contributed by atoms with E-state index in [4.69, 9.17) is 0 Å². The first-order valence-corrected chi connectivity index (χ1v) is 16.6. The van der Waals surface area contributed by atoms with Crippen LogP contribution < -0.4 is 0 Å². The summed E-state index contributed by atoms with van der Waals surface area (Å²) in [7, 11) is 0. The van der Waals surface area contributed by atoms with E-state index in [-0.39, 0.29) is 0 Å². The zero-order valence-corrected chi connectivity index (χ0v) is 27.4. The molecule has 0 aliphatic rings. The van der Waals surface area contributed by atoms with Gasteiger partial charge in [0.1, 0.15) is 0 Å². The monoisotopic (exact) mass is 612 g/mol. The fourth-order valence-corrected chi connectivity index (χ4v) is 7.51. The van der Waals surface area contributed by atoms with Crippen LogP contribution in [-0.4, -0.2) is 0 Å². The van der Waals surface area contributed by atoms with E-state index < -0.39 is 0 Å². The summed E-state index contributed by atoms with van der Waals surface area (Å²) in [4.78, 5) is 0. The molecule has 0 fully saturated rings. The van der Waals surface area contributed by atoms with Crippen molar-refractivity contribution in [2.24, 2.45) is 0 Å². The van der Waals surface area contributed by atoms with Crippen molar-refractivity contribution >= 4 is 44.5 Å². The highest BCUT2D eigenvalue weighted by atomic mass is 14.2. The van der Waals surface area contributed by atoms with Crippen molar-refractivity contribution in [3.63, 3.8) is 0 Å². The van der Waals surface area contributed by atoms with Gasteiger partial charge in [0.15, 0.2) is 0 Å². The Bertz CT molecular complexity index is 2560. The van der Waals surface area contributed by atoms with Crippen LogP contribution in [0.1, 0.15) is 22.3 Å². The van der Waals surface area contributed by atoms with E-state index in [1.54, 1.807) is 0 Å². The van der Waals surface area contributed by atoms with Gasteiger partial charge in [-0.25, -0.2) is 0 Å². The van der Waals surface area contributed by atoms with Gasteiger partial charge in [-0.2, -0.15) is 0 Å². The molecule has 0 nitrogen and oxygen atoms in total. The second-order valence-corrected chi connectivity index (χ2v) is 12.7. The Morgan fingerprint density at radius 1 is 0.375 bits per heavy atom. The third kappa shape index (κ3) is 4.94. The summed E-state index contributed by atoms with van der Waals surface area (Å²) in [5.41, 5.74) is 14.6. The number of hydrogen-bond donors (Lipinski definition) is 0. The minimum atomic E-state index is 1.10. The van der Waals surface area contributed by atoms with Crippen molar-refractivity contribution in [2.45, 2.75) is 13.8 Å². The summed E-state index contributed by atoms with van der Waals surface area (Å²) < 4.78 is 0. The summed E-state index contributed by atoms with van der Waals surface area (Å²) in [6, 6.07) is 53.3. The molecule has 8 aromatic carbocycles. The highest BCUT2D eigenvalue weighted by Gasteiger charge is 2.14. The lowest BCUT2D eigenvalue weighted by Crippen LogP contribution is -1.91. The summed E-state index contributed by atoms with van der Waals surface area (Å²) in [5.74, 6) is 0. The molecule has 0 radical (unpaired) electrons. The van der Waals surface area contributed by atoms with Crippen LogP contribution in [0.25, 0.3) is 89.0 Å². The first-order chi connectivity index (χ1) is 23.5. The van der Waals surface area contributed by atoms with Crippen LogP contribution in [-0.2, 0) is 0 Å². The molecule has 0 heteroatoms. The maximum absolute atomic E-state index is 4.09. The largest absolute Gasteiger partial charge is 0.0984 e. The number of rotatable bonds is 6. The zero-order valence-electron chi connectivity index (χ0n) is 27.4. The molecule has 0 N–H and O–H groups in total. The summed E-state index contributed by atoms with van der Waals surface area (Å²) in [5, 5.41) is 7.57. The summed E-state index contributed by atoms with van der Waals surface area (Å²) in [6.45, 7) is 12.6. The molecular weight excluding hydrogens is 577 g/mol. The second-order valence-electron chi connectivity index (χ2n) is 12.7. The van der Waals surface area contributed by atoms with Crippen LogP contribution in [0.15, 0.2) is 159 Å². The van der Waals surface area contributed by atoms with Crippen molar-refractivity contribution in [3.05, 3.63) is 181 Å². The van der Waals surface area contributed by atoms with E-state index in [1.807, 2.05) is 12.2 Å². The van der Waals surface area contributed by atoms with Crippen molar-refractivity contribution in [1.82, 2.24) is 0 Å². The third-order valence-corrected chi connectivity index (χ3v) is 9.87. The van der Waals surface area contributed by atoms with Crippen LogP contribution in [0.5, 0.6) is 0 Å². The Morgan fingerprint density at radius 2 is 0.875 bits per heavy atom. The SMILES string of the molecule is C=Cc1cc(-c2ccc(-c3cccc(-c4ccc(-c5cc6ccccc6c6ccccc56)cc4C)c3)c(C)c2)c2ccccc2c1C=C. The lowest BCUT2D eigenvalue weighted by Gasteiger charge is -2.16. The molecule has 228 valence electrons. The second kappa shape index (κ2) is 12.0.